The molecule has 0 bridgehead atoms. The molecule has 0 radical (unpaired) electrons. The van der Waals surface area contributed by atoms with Crippen molar-refractivity contribution in [1.29, 1.82) is 0 Å². The van der Waals surface area contributed by atoms with Gasteiger partial charge >= 0.3 is 0 Å². The minimum atomic E-state index is -0.843. The number of para-hydroxylation sites is 1. The fourth-order valence-electron chi connectivity index (χ4n) is 2.14. The smallest absolute Gasteiger partial charge is 0.150 e. The van der Waals surface area contributed by atoms with Gasteiger partial charge in [-0.05, 0) is 18.6 Å². The van der Waals surface area contributed by atoms with E-state index in [1.165, 1.54) is 10.6 Å². The second kappa shape index (κ2) is 6.56. The third kappa shape index (κ3) is 3.32. The topological polar surface area (TPSA) is 9.23 Å². The summed E-state index contributed by atoms with van der Waals surface area (Å²) in [6, 6.07) is 29.1. The van der Waals surface area contributed by atoms with Crippen LogP contribution in [0.4, 0.5) is 0 Å². The summed E-state index contributed by atoms with van der Waals surface area (Å²) in [7, 11) is -0.843. The first-order valence-corrected chi connectivity index (χ1v) is 8.24. The Bertz CT molecular complexity index is 656. The van der Waals surface area contributed by atoms with Crippen molar-refractivity contribution < 1.29 is 4.52 Å². The molecule has 0 unspecified atom stereocenters. The summed E-state index contributed by atoms with van der Waals surface area (Å²) in [4.78, 5) is 0. The Kier molecular flexibility index (Phi) is 4.33. The lowest BCUT2D eigenvalue weighted by molar-refractivity contribution is 0.624. The van der Waals surface area contributed by atoms with Crippen LogP contribution in [-0.4, -0.2) is 0 Å². The number of rotatable bonds is 4. The van der Waals surface area contributed by atoms with E-state index in [0.717, 1.165) is 11.3 Å². The summed E-state index contributed by atoms with van der Waals surface area (Å²) in [5, 5.41) is 2.45. The Hall–Kier alpha value is -2.11. The summed E-state index contributed by atoms with van der Waals surface area (Å²) >= 11 is 0. The van der Waals surface area contributed by atoms with E-state index in [-0.39, 0.29) is 0 Å². The van der Waals surface area contributed by atoms with Gasteiger partial charge in [0, 0.05) is 10.6 Å². The highest BCUT2D eigenvalue weighted by Gasteiger charge is 2.17. The van der Waals surface area contributed by atoms with Crippen LogP contribution >= 0.6 is 8.15 Å². The first kappa shape index (κ1) is 13.9. The lowest BCUT2D eigenvalue weighted by Gasteiger charge is -2.20. The van der Waals surface area contributed by atoms with E-state index in [4.69, 9.17) is 4.52 Å². The summed E-state index contributed by atoms with van der Waals surface area (Å²) < 4.78 is 6.38. The Morgan fingerprint density at radius 2 is 1.10 bits per heavy atom. The zero-order valence-electron chi connectivity index (χ0n) is 11.9. The van der Waals surface area contributed by atoms with E-state index in [2.05, 4.69) is 61.5 Å². The molecule has 0 saturated carbocycles. The van der Waals surface area contributed by atoms with Gasteiger partial charge in [0.2, 0.25) is 0 Å². The van der Waals surface area contributed by atoms with Gasteiger partial charge in [0.15, 0.2) is 8.15 Å². The predicted molar refractivity (Wildman–Crippen MR) is 90.9 cm³/mol. The van der Waals surface area contributed by atoms with Crippen LogP contribution in [0.2, 0.25) is 0 Å². The van der Waals surface area contributed by atoms with E-state index < -0.39 is 8.15 Å². The molecule has 2 heteroatoms. The summed E-state index contributed by atoms with van der Waals surface area (Å²) in [5.41, 5.74) is 1.16. The molecular formula is C19H17OP. The van der Waals surface area contributed by atoms with Crippen molar-refractivity contribution in [2.75, 3.05) is 0 Å². The SMILES string of the molecule is Cc1ccccc1OP(c1ccccc1)c1ccccc1. The molecule has 0 aliphatic rings. The second-order valence-corrected chi connectivity index (χ2v) is 6.63. The van der Waals surface area contributed by atoms with Gasteiger partial charge in [-0.1, -0.05) is 78.9 Å². The van der Waals surface area contributed by atoms with Gasteiger partial charge in [0.25, 0.3) is 0 Å². The molecule has 3 aromatic carbocycles. The van der Waals surface area contributed by atoms with Crippen molar-refractivity contribution in [1.82, 2.24) is 0 Å². The molecule has 0 aromatic heterocycles. The van der Waals surface area contributed by atoms with Crippen LogP contribution in [-0.2, 0) is 0 Å². The third-order valence-corrected chi connectivity index (χ3v) is 5.18. The number of benzene rings is 3. The minimum absolute atomic E-state index is 0.843. The monoisotopic (exact) mass is 292 g/mol. The van der Waals surface area contributed by atoms with Crippen LogP contribution in [0.3, 0.4) is 0 Å². The van der Waals surface area contributed by atoms with Gasteiger partial charge in [-0.25, -0.2) is 0 Å². The van der Waals surface area contributed by atoms with Gasteiger partial charge in [0.05, 0.1) is 0 Å². The van der Waals surface area contributed by atoms with Crippen molar-refractivity contribution in [3.8, 4) is 5.75 Å². The van der Waals surface area contributed by atoms with Crippen molar-refractivity contribution in [3.05, 3.63) is 90.5 Å². The Balaban J connectivity index is 1.99. The molecule has 0 atom stereocenters. The fraction of sp³-hybridized carbons (Fsp3) is 0.0526. The normalized spacial score (nSPS) is 10.6. The molecule has 0 aliphatic carbocycles. The minimum Gasteiger partial charge on any atom is -0.464 e. The Labute approximate surface area is 127 Å². The Morgan fingerprint density at radius 1 is 0.619 bits per heavy atom. The quantitative estimate of drug-likeness (QED) is 0.647. The van der Waals surface area contributed by atoms with Crippen LogP contribution in [0, 0.1) is 6.92 Å². The number of aryl methyl sites for hydroxylation is 1. The number of hydrogen-bond acceptors (Lipinski definition) is 1. The average Bonchev–Trinajstić information content (AvgIpc) is 2.56. The standard InChI is InChI=1S/C19H17OP/c1-16-10-8-9-15-19(16)20-21(17-11-4-2-5-12-17)18-13-6-3-7-14-18/h2-15H,1H3. The van der Waals surface area contributed by atoms with E-state index >= 15 is 0 Å². The fourth-order valence-corrected chi connectivity index (χ4v) is 3.93. The van der Waals surface area contributed by atoms with Crippen molar-refractivity contribution >= 4 is 18.8 Å². The maximum atomic E-state index is 6.38. The highest BCUT2D eigenvalue weighted by molar-refractivity contribution is 7.68. The van der Waals surface area contributed by atoms with Gasteiger partial charge < -0.3 is 4.52 Å². The van der Waals surface area contributed by atoms with Crippen LogP contribution in [0.25, 0.3) is 0 Å². The van der Waals surface area contributed by atoms with E-state index in [9.17, 15) is 0 Å². The van der Waals surface area contributed by atoms with Crippen LogP contribution in [0.5, 0.6) is 5.75 Å². The van der Waals surface area contributed by atoms with Gasteiger partial charge in [-0.3, -0.25) is 0 Å². The first-order valence-electron chi connectivity index (χ1n) is 6.98. The molecule has 104 valence electrons. The largest absolute Gasteiger partial charge is 0.464 e. The zero-order valence-corrected chi connectivity index (χ0v) is 12.8. The summed E-state index contributed by atoms with van der Waals surface area (Å²) in [6.45, 7) is 2.08. The highest BCUT2D eigenvalue weighted by Crippen LogP contribution is 2.37. The maximum Gasteiger partial charge on any atom is 0.150 e. The molecule has 0 fully saturated rings. The van der Waals surface area contributed by atoms with Gasteiger partial charge in [0.1, 0.15) is 5.75 Å². The summed E-state index contributed by atoms with van der Waals surface area (Å²) in [6.07, 6.45) is 0. The average molecular weight is 292 g/mol. The van der Waals surface area contributed by atoms with Crippen molar-refractivity contribution in [3.63, 3.8) is 0 Å². The molecule has 0 saturated heterocycles. The lowest BCUT2D eigenvalue weighted by Crippen LogP contribution is -2.15. The van der Waals surface area contributed by atoms with Crippen LogP contribution < -0.4 is 15.1 Å². The molecular weight excluding hydrogens is 275 g/mol. The van der Waals surface area contributed by atoms with Crippen LogP contribution in [0.1, 0.15) is 5.56 Å². The lowest BCUT2D eigenvalue weighted by atomic mass is 10.2. The molecule has 0 aliphatic heterocycles. The molecule has 0 amide bonds. The zero-order chi connectivity index (χ0) is 14.5. The number of hydrogen-bond donors (Lipinski definition) is 0. The van der Waals surface area contributed by atoms with Crippen molar-refractivity contribution in [2.24, 2.45) is 0 Å². The summed E-state index contributed by atoms with van der Waals surface area (Å²) in [5.74, 6) is 0.955. The molecule has 3 aromatic rings. The third-order valence-electron chi connectivity index (χ3n) is 3.26. The van der Waals surface area contributed by atoms with Crippen molar-refractivity contribution in [2.45, 2.75) is 6.92 Å². The van der Waals surface area contributed by atoms with E-state index in [0.29, 0.717) is 0 Å². The Morgan fingerprint density at radius 3 is 1.62 bits per heavy atom. The molecule has 21 heavy (non-hydrogen) atoms. The maximum absolute atomic E-state index is 6.38. The first-order chi connectivity index (χ1) is 10.3. The van der Waals surface area contributed by atoms with E-state index in [1.54, 1.807) is 0 Å². The molecule has 0 spiro atoms. The second-order valence-electron chi connectivity index (χ2n) is 4.82. The van der Waals surface area contributed by atoms with Crippen LogP contribution in [0.15, 0.2) is 84.9 Å². The van der Waals surface area contributed by atoms with E-state index in [1.807, 2.05) is 30.3 Å². The molecule has 1 nitrogen and oxygen atoms in total. The molecule has 0 N–H and O–H groups in total. The highest BCUT2D eigenvalue weighted by atomic mass is 31.1. The predicted octanol–water partition coefficient (Wildman–Crippen LogP) is 4.42. The van der Waals surface area contributed by atoms with Gasteiger partial charge in [-0.15, -0.1) is 0 Å². The molecule has 0 heterocycles. The molecule has 3 rings (SSSR count). The van der Waals surface area contributed by atoms with Gasteiger partial charge in [-0.2, -0.15) is 0 Å².